The molecule has 0 atom stereocenters. The van der Waals surface area contributed by atoms with Crippen molar-refractivity contribution in [2.75, 3.05) is 0 Å². The van der Waals surface area contributed by atoms with Crippen LogP contribution in [0.5, 0.6) is 0 Å². The summed E-state index contributed by atoms with van der Waals surface area (Å²) in [5, 5.41) is 4.71. The second kappa shape index (κ2) is 4.51. The molecule has 3 heterocycles. The molecule has 0 unspecified atom stereocenters. The molecular weight excluding hydrogens is 330 g/mol. The van der Waals surface area contributed by atoms with Crippen molar-refractivity contribution in [3.05, 3.63) is 83.5 Å². The third-order valence-corrected chi connectivity index (χ3v) is 5.79. The van der Waals surface area contributed by atoms with Crippen LogP contribution in [0.4, 0.5) is 11.4 Å². The van der Waals surface area contributed by atoms with Gasteiger partial charge in [0, 0.05) is 28.1 Å². The van der Waals surface area contributed by atoms with Crippen LogP contribution < -0.4 is 15.7 Å². The third kappa shape index (κ3) is 1.53. The lowest BCUT2D eigenvalue weighted by atomic mass is 9.93. The minimum Gasteiger partial charge on any atom is -0.353 e. The summed E-state index contributed by atoms with van der Waals surface area (Å²) in [4.78, 5) is 12.4. The molecule has 2 aliphatic heterocycles. The normalized spacial score (nSPS) is 13.0. The van der Waals surface area contributed by atoms with Crippen LogP contribution in [0.1, 0.15) is 0 Å². The number of H-pyrrole nitrogens is 1. The van der Waals surface area contributed by atoms with Crippen LogP contribution in [0.15, 0.2) is 77.8 Å². The van der Waals surface area contributed by atoms with Crippen molar-refractivity contribution in [2.24, 2.45) is 4.99 Å². The number of hydrogen-bond donors (Lipinski definition) is 2. The van der Waals surface area contributed by atoms with Crippen molar-refractivity contribution in [1.82, 2.24) is 4.98 Å². The quantitative estimate of drug-likeness (QED) is 0.424. The van der Waals surface area contributed by atoms with Gasteiger partial charge in [-0.15, -0.1) is 0 Å². The van der Waals surface area contributed by atoms with Crippen molar-refractivity contribution < 1.29 is 4.99 Å². The summed E-state index contributed by atoms with van der Waals surface area (Å²) >= 11 is 0. The molecule has 0 amide bonds. The third-order valence-electron chi connectivity index (χ3n) is 5.79. The van der Waals surface area contributed by atoms with Gasteiger partial charge in [0.1, 0.15) is 0 Å². The van der Waals surface area contributed by atoms with Crippen molar-refractivity contribution in [2.45, 2.75) is 0 Å². The number of nitrogens with zero attached hydrogens (tertiary/aromatic N) is 1. The van der Waals surface area contributed by atoms with Gasteiger partial charge in [-0.25, -0.2) is 9.98 Å². The van der Waals surface area contributed by atoms with Crippen LogP contribution in [0.3, 0.4) is 0 Å². The lowest BCUT2D eigenvalue weighted by Crippen LogP contribution is -2.68. The molecule has 7 rings (SSSR count). The highest BCUT2D eigenvalue weighted by Crippen LogP contribution is 2.41. The molecule has 5 aromatic rings. The molecule has 0 fully saturated rings. The molecule has 0 aliphatic carbocycles. The van der Waals surface area contributed by atoms with E-state index in [0.717, 1.165) is 27.8 Å². The Labute approximate surface area is 154 Å². The van der Waals surface area contributed by atoms with Gasteiger partial charge >= 0.3 is 0 Å². The summed E-state index contributed by atoms with van der Waals surface area (Å²) in [7, 11) is 0. The van der Waals surface area contributed by atoms with E-state index < -0.39 is 0 Å². The van der Waals surface area contributed by atoms with Gasteiger partial charge < -0.3 is 4.98 Å². The number of nitrogens with one attached hydrogen (secondary N) is 2. The number of aromatic amines is 1. The van der Waals surface area contributed by atoms with Gasteiger partial charge in [-0.1, -0.05) is 48.5 Å². The first-order chi connectivity index (χ1) is 13.4. The molecule has 27 heavy (non-hydrogen) atoms. The van der Waals surface area contributed by atoms with E-state index in [2.05, 4.69) is 82.8 Å². The maximum Gasteiger partial charge on any atom is 0.223 e. The fraction of sp³-hybridized carbons (Fsp3) is 0. The van der Waals surface area contributed by atoms with E-state index in [0.29, 0.717) is 0 Å². The van der Waals surface area contributed by atoms with Gasteiger partial charge in [-0.2, -0.15) is 0 Å². The molecule has 1 aromatic heterocycles. The molecule has 0 spiro atoms. The van der Waals surface area contributed by atoms with E-state index in [1.807, 2.05) is 0 Å². The Morgan fingerprint density at radius 3 is 2.48 bits per heavy atom. The number of benzene rings is 4. The maximum absolute atomic E-state index is 5.03. The topological polar surface area (TPSA) is 42.1 Å². The molecule has 2 N–H and O–H groups in total. The molecule has 0 radical (unpaired) electrons. The number of fused-ring (bicyclic) bond motifs is 12. The SMILES string of the molecule is c1ccc2c(c1)N=c1c-2c2c(c3c1[nH]c1ccccc13)=[NH+]c1ccccc1-2. The molecule has 0 bridgehead atoms. The van der Waals surface area contributed by atoms with Crippen LogP contribution >= 0.6 is 0 Å². The molecular formula is C24H14N3+. The highest BCUT2D eigenvalue weighted by molar-refractivity contribution is 6.11. The smallest absolute Gasteiger partial charge is 0.223 e. The summed E-state index contributed by atoms with van der Waals surface area (Å²) in [5.41, 5.74) is 9.44. The van der Waals surface area contributed by atoms with Crippen molar-refractivity contribution >= 4 is 33.2 Å². The lowest BCUT2D eigenvalue weighted by molar-refractivity contribution is -0.395. The Morgan fingerprint density at radius 1 is 0.741 bits per heavy atom. The molecule has 124 valence electrons. The fourth-order valence-corrected chi connectivity index (χ4v) is 4.69. The molecule has 0 saturated heterocycles. The summed E-state index contributed by atoms with van der Waals surface area (Å²) < 4.78 is 0. The monoisotopic (exact) mass is 344 g/mol. The van der Waals surface area contributed by atoms with Crippen LogP contribution in [0.2, 0.25) is 0 Å². The second-order valence-corrected chi connectivity index (χ2v) is 7.19. The van der Waals surface area contributed by atoms with E-state index in [4.69, 9.17) is 4.99 Å². The zero-order valence-corrected chi connectivity index (χ0v) is 14.4. The average Bonchev–Trinajstić information content (AvgIpc) is 3.38. The Balaban J connectivity index is 1.83. The highest BCUT2D eigenvalue weighted by Gasteiger charge is 2.32. The minimum atomic E-state index is 1.05. The number of hydrogen-bond acceptors (Lipinski definition) is 1. The first-order valence-electron chi connectivity index (χ1n) is 9.18. The maximum atomic E-state index is 5.03. The highest BCUT2D eigenvalue weighted by atomic mass is 14.8. The summed E-state index contributed by atoms with van der Waals surface area (Å²) in [6.45, 7) is 0. The summed E-state index contributed by atoms with van der Waals surface area (Å²) in [5.74, 6) is 0. The van der Waals surface area contributed by atoms with Gasteiger partial charge in [0.25, 0.3) is 0 Å². The standard InChI is InChI=1S/C24H13N3/c1-4-10-16-13(7-1)19-20-14-8-2-5-11-17(14)26-23(20)24-21(22(19)25-16)15-9-3-6-12-18(15)27-24/h1-12,27H/p+1. The predicted octanol–water partition coefficient (Wildman–Crippen LogP) is 3.27. The minimum absolute atomic E-state index is 1.05. The Hall–Kier alpha value is -3.72. The van der Waals surface area contributed by atoms with Crippen molar-refractivity contribution in [3.63, 3.8) is 0 Å². The zero-order valence-electron chi connectivity index (χ0n) is 14.4. The Morgan fingerprint density at radius 2 is 1.52 bits per heavy atom. The summed E-state index contributed by atoms with van der Waals surface area (Å²) in [6, 6.07) is 25.5. The zero-order chi connectivity index (χ0) is 17.5. The Bertz CT molecular complexity index is 1570. The van der Waals surface area contributed by atoms with E-state index >= 15 is 0 Å². The Kier molecular flexibility index (Phi) is 2.25. The average molecular weight is 344 g/mol. The van der Waals surface area contributed by atoms with E-state index in [1.54, 1.807) is 0 Å². The van der Waals surface area contributed by atoms with Gasteiger partial charge in [0.2, 0.25) is 11.0 Å². The second-order valence-electron chi connectivity index (χ2n) is 7.19. The largest absolute Gasteiger partial charge is 0.353 e. The molecule has 3 heteroatoms. The first kappa shape index (κ1) is 13.5. The number of rotatable bonds is 0. The van der Waals surface area contributed by atoms with Crippen LogP contribution in [-0.2, 0) is 0 Å². The first-order valence-corrected chi connectivity index (χ1v) is 9.18. The molecule has 3 nitrogen and oxygen atoms in total. The van der Waals surface area contributed by atoms with Gasteiger partial charge in [0.05, 0.1) is 33.1 Å². The summed E-state index contributed by atoms with van der Waals surface area (Å²) in [6.07, 6.45) is 0. The number of aromatic nitrogens is 1. The predicted molar refractivity (Wildman–Crippen MR) is 107 cm³/mol. The van der Waals surface area contributed by atoms with Crippen molar-refractivity contribution in [3.8, 4) is 22.3 Å². The van der Waals surface area contributed by atoms with E-state index in [1.165, 1.54) is 38.4 Å². The van der Waals surface area contributed by atoms with Gasteiger partial charge in [-0.05, 0) is 18.2 Å². The molecule has 2 aliphatic rings. The molecule has 4 aromatic carbocycles. The number of para-hydroxylation sites is 3. The lowest BCUT2D eigenvalue weighted by Gasteiger charge is -2.04. The van der Waals surface area contributed by atoms with Gasteiger partial charge in [-0.3, -0.25) is 0 Å². The van der Waals surface area contributed by atoms with Crippen LogP contribution in [-0.4, -0.2) is 4.98 Å². The van der Waals surface area contributed by atoms with Crippen molar-refractivity contribution in [1.29, 1.82) is 0 Å². The van der Waals surface area contributed by atoms with Crippen LogP contribution in [0, 0.1) is 0 Å². The van der Waals surface area contributed by atoms with Crippen LogP contribution in [0.25, 0.3) is 44.1 Å². The fourth-order valence-electron chi connectivity index (χ4n) is 4.69. The molecule has 0 saturated carbocycles. The van der Waals surface area contributed by atoms with E-state index in [-0.39, 0.29) is 0 Å². The van der Waals surface area contributed by atoms with Gasteiger partial charge in [0.15, 0.2) is 0 Å². The van der Waals surface area contributed by atoms with E-state index in [9.17, 15) is 0 Å².